The number of hydrogen-bond donors (Lipinski definition) is 1. The van der Waals surface area contributed by atoms with E-state index in [-0.39, 0.29) is 5.91 Å². The molecule has 17 heavy (non-hydrogen) atoms. The third-order valence-electron chi connectivity index (χ3n) is 2.32. The van der Waals surface area contributed by atoms with E-state index in [1.54, 1.807) is 6.08 Å². The summed E-state index contributed by atoms with van der Waals surface area (Å²) in [6.45, 7) is 4.16. The van der Waals surface area contributed by atoms with Gasteiger partial charge in [-0.1, -0.05) is 18.2 Å². The molecule has 0 fully saturated rings. The topological polar surface area (TPSA) is 54.9 Å². The molecule has 0 spiro atoms. The number of amides is 1. The smallest absolute Gasteiger partial charge is 0.271 e. The predicted octanol–water partition coefficient (Wildman–Crippen LogP) is 1.94. The van der Waals surface area contributed by atoms with Crippen LogP contribution in [0, 0.1) is 0 Å². The Balaban J connectivity index is 2.18. The molecule has 4 heteroatoms. The molecule has 4 nitrogen and oxygen atoms in total. The van der Waals surface area contributed by atoms with Crippen molar-refractivity contribution in [3.8, 4) is 0 Å². The van der Waals surface area contributed by atoms with Crippen LogP contribution in [0.15, 0.2) is 43.1 Å². The number of nitrogens with zero attached hydrogens (tertiary/aromatic N) is 2. The average Bonchev–Trinajstić information content (AvgIpc) is 2.38. The van der Waals surface area contributed by atoms with Crippen LogP contribution in [0.1, 0.15) is 16.9 Å². The average molecular weight is 227 g/mol. The number of benzene rings is 1. The molecule has 0 unspecified atom stereocenters. The maximum absolute atomic E-state index is 11.7. The third kappa shape index (κ3) is 2.66. The van der Waals surface area contributed by atoms with Crippen molar-refractivity contribution in [2.24, 2.45) is 0 Å². The number of aromatic nitrogens is 2. The summed E-state index contributed by atoms with van der Waals surface area (Å²) in [7, 11) is 0. The zero-order chi connectivity index (χ0) is 12.1. The van der Waals surface area contributed by atoms with Crippen LogP contribution in [0.2, 0.25) is 0 Å². The number of hydrogen-bond acceptors (Lipinski definition) is 3. The summed E-state index contributed by atoms with van der Waals surface area (Å²) in [5, 5.41) is 2.75. The molecule has 1 amide bonds. The first-order valence-corrected chi connectivity index (χ1v) is 5.42. The SMILES string of the molecule is C=CCCNC(=O)c1cnc2ccccc2n1. The molecule has 2 aromatic rings. The Morgan fingerprint density at radius 3 is 2.88 bits per heavy atom. The Morgan fingerprint density at radius 1 is 1.35 bits per heavy atom. The number of fused-ring (bicyclic) bond motifs is 1. The van der Waals surface area contributed by atoms with E-state index in [4.69, 9.17) is 0 Å². The maximum Gasteiger partial charge on any atom is 0.271 e. The monoisotopic (exact) mass is 227 g/mol. The van der Waals surface area contributed by atoms with Gasteiger partial charge in [-0.3, -0.25) is 9.78 Å². The minimum atomic E-state index is -0.204. The largest absolute Gasteiger partial charge is 0.350 e. The first kappa shape index (κ1) is 11.3. The van der Waals surface area contributed by atoms with Crippen molar-refractivity contribution < 1.29 is 4.79 Å². The van der Waals surface area contributed by atoms with Crippen molar-refractivity contribution in [3.05, 3.63) is 48.8 Å². The summed E-state index contributed by atoms with van der Waals surface area (Å²) in [6.07, 6.45) is 3.99. The molecule has 0 saturated heterocycles. The fourth-order valence-corrected chi connectivity index (χ4v) is 1.44. The minimum absolute atomic E-state index is 0.204. The normalized spacial score (nSPS) is 10.1. The lowest BCUT2D eigenvalue weighted by atomic mass is 10.3. The first-order chi connectivity index (χ1) is 8.31. The van der Waals surface area contributed by atoms with Crippen LogP contribution in [0.3, 0.4) is 0 Å². The lowest BCUT2D eigenvalue weighted by Crippen LogP contribution is -2.25. The van der Waals surface area contributed by atoms with Gasteiger partial charge in [-0.05, 0) is 18.6 Å². The number of para-hydroxylation sites is 2. The van der Waals surface area contributed by atoms with E-state index in [0.717, 1.165) is 17.5 Å². The Hall–Kier alpha value is -2.23. The van der Waals surface area contributed by atoms with Gasteiger partial charge >= 0.3 is 0 Å². The number of nitrogens with one attached hydrogen (secondary N) is 1. The quantitative estimate of drug-likeness (QED) is 0.641. The number of carbonyl (C=O) groups excluding carboxylic acids is 1. The van der Waals surface area contributed by atoms with E-state index in [1.165, 1.54) is 6.20 Å². The van der Waals surface area contributed by atoms with Crippen molar-refractivity contribution in [1.29, 1.82) is 0 Å². The molecular weight excluding hydrogens is 214 g/mol. The number of carbonyl (C=O) groups is 1. The molecule has 2 rings (SSSR count). The summed E-state index contributed by atoms with van der Waals surface area (Å²) in [5.41, 5.74) is 1.85. The van der Waals surface area contributed by atoms with Gasteiger partial charge in [0.25, 0.3) is 5.91 Å². The summed E-state index contributed by atoms with van der Waals surface area (Å²) in [4.78, 5) is 20.2. The van der Waals surface area contributed by atoms with Crippen molar-refractivity contribution in [3.63, 3.8) is 0 Å². The van der Waals surface area contributed by atoms with Gasteiger partial charge in [0.15, 0.2) is 0 Å². The first-order valence-electron chi connectivity index (χ1n) is 5.42. The molecule has 1 aromatic heterocycles. The van der Waals surface area contributed by atoms with Crippen LogP contribution in [0.5, 0.6) is 0 Å². The molecule has 86 valence electrons. The van der Waals surface area contributed by atoms with Gasteiger partial charge in [-0.15, -0.1) is 6.58 Å². The molecule has 0 bridgehead atoms. The lowest BCUT2D eigenvalue weighted by Gasteiger charge is -2.03. The highest BCUT2D eigenvalue weighted by Crippen LogP contribution is 2.08. The van der Waals surface area contributed by atoms with Crippen LogP contribution in [0.25, 0.3) is 11.0 Å². The Kier molecular flexibility index (Phi) is 3.45. The zero-order valence-corrected chi connectivity index (χ0v) is 9.39. The lowest BCUT2D eigenvalue weighted by molar-refractivity contribution is 0.0949. The van der Waals surface area contributed by atoms with Gasteiger partial charge in [0, 0.05) is 6.54 Å². The van der Waals surface area contributed by atoms with Gasteiger partial charge in [-0.25, -0.2) is 4.98 Å². The van der Waals surface area contributed by atoms with Gasteiger partial charge in [0.1, 0.15) is 5.69 Å². The molecule has 0 atom stereocenters. The summed E-state index contributed by atoms with van der Waals surface area (Å²) in [5.74, 6) is -0.204. The Morgan fingerprint density at radius 2 is 2.12 bits per heavy atom. The van der Waals surface area contributed by atoms with E-state index >= 15 is 0 Å². The Labute approximate surface area is 99.4 Å². The van der Waals surface area contributed by atoms with Gasteiger partial charge in [-0.2, -0.15) is 0 Å². The maximum atomic E-state index is 11.7. The molecule has 1 aromatic carbocycles. The molecule has 0 aliphatic rings. The molecule has 1 N–H and O–H groups in total. The predicted molar refractivity (Wildman–Crippen MR) is 66.7 cm³/mol. The van der Waals surface area contributed by atoms with Crippen molar-refractivity contribution in [2.75, 3.05) is 6.54 Å². The van der Waals surface area contributed by atoms with Crippen LogP contribution in [-0.4, -0.2) is 22.4 Å². The van der Waals surface area contributed by atoms with Crippen molar-refractivity contribution in [1.82, 2.24) is 15.3 Å². The fourth-order valence-electron chi connectivity index (χ4n) is 1.44. The second-order valence-corrected chi connectivity index (χ2v) is 3.58. The highest BCUT2D eigenvalue weighted by Gasteiger charge is 2.07. The van der Waals surface area contributed by atoms with Crippen LogP contribution >= 0.6 is 0 Å². The summed E-state index contributed by atoms with van der Waals surface area (Å²) in [6, 6.07) is 7.46. The highest BCUT2D eigenvalue weighted by molar-refractivity contribution is 5.93. The van der Waals surface area contributed by atoms with Crippen LogP contribution in [-0.2, 0) is 0 Å². The van der Waals surface area contributed by atoms with Crippen LogP contribution in [0.4, 0.5) is 0 Å². The molecule has 1 heterocycles. The molecule has 0 saturated carbocycles. The third-order valence-corrected chi connectivity index (χ3v) is 2.32. The Bertz CT molecular complexity index is 551. The summed E-state index contributed by atoms with van der Waals surface area (Å²) < 4.78 is 0. The van der Waals surface area contributed by atoms with Crippen LogP contribution < -0.4 is 5.32 Å². The van der Waals surface area contributed by atoms with Crippen molar-refractivity contribution >= 4 is 16.9 Å². The van der Waals surface area contributed by atoms with E-state index in [9.17, 15) is 4.79 Å². The van der Waals surface area contributed by atoms with Gasteiger partial charge in [0.2, 0.25) is 0 Å². The minimum Gasteiger partial charge on any atom is -0.350 e. The van der Waals surface area contributed by atoms with E-state index < -0.39 is 0 Å². The highest BCUT2D eigenvalue weighted by atomic mass is 16.1. The number of rotatable bonds is 4. The molecule has 0 radical (unpaired) electrons. The molecule has 0 aliphatic heterocycles. The van der Waals surface area contributed by atoms with E-state index in [2.05, 4.69) is 21.9 Å². The van der Waals surface area contributed by atoms with Gasteiger partial charge in [0.05, 0.1) is 17.2 Å². The standard InChI is InChI=1S/C13H13N3O/c1-2-3-8-14-13(17)12-9-15-10-6-4-5-7-11(10)16-12/h2,4-7,9H,1,3,8H2,(H,14,17). The zero-order valence-electron chi connectivity index (χ0n) is 9.39. The van der Waals surface area contributed by atoms with E-state index in [1.807, 2.05) is 24.3 Å². The molecular formula is C13H13N3O. The van der Waals surface area contributed by atoms with Gasteiger partial charge < -0.3 is 5.32 Å². The second kappa shape index (κ2) is 5.21. The molecule has 0 aliphatic carbocycles. The van der Waals surface area contributed by atoms with Crippen molar-refractivity contribution in [2.45, 2.75) is 6.42 Å². The van der Waals surface area contributed by atoms with E-state index in [0.29, 0.717) is 12.2 Å². The fraction of sp³-hybridized carbons (Fsp3) is 0.154. The second-order valence-electron chi connectivity index (χ2n) is 3.58. The summed E-state index contributed by atoms with van der Waals surface area (Å²) >= 11 is 0.